The first kappa shape index (κ1) is 23.9. The summed E-state index contributed by atoms with van der Waals surface area (Å²) in [7, 11) is 0. The Bertz CT molecular complexity index is 1180. The van der Waals surface area contributed by atoms with E-state index in [1.54, 1.807) is 12.1 Å². The van der Waals surface area contributed by atoms with Gasteiger partial charge in [-0.3, -0.25) is 14.9 Å². The number of hydrogen-bond acceptors (Lipinski definition) is 5. The van der Waals surface area contributed by atoms with Gasteiger partial charge < -0.3 is 15.2 Å². The van der Waals surface area contributed by atoms with Gasteiger partial charge >= 0.3 is 12.1 Å². The van der Waals surface area contributed by atoms with Crippen molar-refractivity contribution in [1.29, 1.82) is 0 Å². The van der Waals surface area contributed by atoms with Crippen molar-refractivity contribution >= 4 is 23.7 Å². The number of carbonyl (C=O) groups is 3. The normalized spacial score (nSPS) is 11.9. The number of carbonyl (C=O) groups excluding carboxylic acids is 2. The van der Waals surface area contributed by atoms with Gasteiger partial charge in [-0.1, -0.05) is 55.0 Å². The minimum atomic E-state index is -0.827. The van der Waals surface area contributed by atoms with E-state index in [4.69, 9.17) is 9.84 Å². The molecule has 4 rings (SSSR count). The molecule has 0 saturated heterocycles. The number of nitrogens with zero attached hydrogens (tertiary/aromatic N) is 1. The van der Waals surface area contributed by atoms with Crippen molar-refractivity contribution in [3.63, 3.8) is 0 Å². The van der Waals surface area contributed by atoms with Crippen LogP contribution in [0.1, 0.15) is 53.2 Å². The average molecular weight is 474 g/mol. The zero-order chi connectivity index (χ0) is 24.6. The van der Waals surface area contributed by atoms with Crippen molar-refractivity contribution in [2.45, 2.75) is 31.6 Å². The molecule has 0 radical (unpaired) electrons. The fraction of sp³-hybridized carbons (Fsp3) is 0.259. The maximum absolute atomic E-state index is 12.6. The van der Waals surface area contributed by atoms with E-state index in [2.05, 4.69) is 27.8 Å². The highest BCUT2D eigenvalue weighted by Crippen LogP contribution is 2.44. The molecule has 8 heteroatoms. The highest BCUT2D eigenvalue weighted by atomic mass is 16.5. The van der Waals surface area contributed by atoms with Gasteiger partial charge in [0.2, 0.25) is 0 Å². The van der Waals surface area contributed by atoms with Crippen molar-refractivity contribution in [2.75, 3.05) is 18.5 Å². The third-order valence-corrected chi connectivity index (χ3v) is 5.96. The summed E-state index contributed by atoms with van der Waals surface area (Å²) in [5, 5.41) is 14.1. The third kappa shape index (κ3) is 5.84. The predicted octanol–water partition coefficient (Wildman–Crippen LogP) is 4.82. The van der Waals surface area contributed by atoms with Gasteiger partial charge in [0.05, 0.1) is 5.69 Å². The molecule has 1 aliphatic carbocycles. The number of anilines is 1. The van der Waals surface area contributed by atoms with E-state index in [9.17, 15) is 14.4 Å². The number of carboxylic acid groups (broad SMARTS) is 1. The van der Waals surface area contributed by atoms with Crippen LogP contribution in [0.3, 0.4) is 0 Å². The van der Waals surface area contributed by atoms with Crippen LogP contribution in [-0.2, 0) is 9.53 Å². The Morgan fingerprint density at radius 1 is 0.886 bits per heavy atom. The number of hydrogen-bond donors (Lipinski definition) is 3. The Balaban J connectivity index is 1.33. The molecule has 0 spiro atoms. The standard InChI is InChI=1S/C27H27N3O5/c31-24(32)14-2-1-7-15-29-26(33)25-23(13-8-16-28-25)30-27(34)35-17-22-20-11-5-3-9-18(20)19-10-4-6-12-21(19)22/h3-6,8-13,16,22H,1-2,7,14-15,17H2,(H,29,33)(H,30,34)(H,31,32). The summed E-state index contributed by atoms with van der Waals surface area (Å²) >= 11 is 0. The number of amides is 2. The van der Waals surface area contributed by atoms with Crippen LogP contribution in [0.4, 0.5) is 10.5 Å². The zero-order valence-electron chi connectivity index (χ0n) is 19.2. The number of benzene rings is 2. The van der Waals surface area contributed by atoms with Crippen molar-refractivity contribution in [2.24, 2.45) is 0 Å². The van der Waals surface area contributed by atoms with Crippen LogP contribution >= 0.6 is 0 Å². The van der Waals surface area contributed by atoms with E-state index in [1.807, 2.05) is 36.4 Å². The number of nitrogens with one attached hydrogen (secondary N) is 2. The molecule has 1 heterocycles. The fourth-order valence-corrected chi connectivity index (χ4v) is 4.30. The Hall–Kier alpha value is -4.20. The second-order valence-corrected chi connectivity index (χ2v) is 8.31. The molecule has 2 aromatic carbocycles. The number of carboxylic acids is 1. The molecule has 0 atom stereocenters. The highest BCUT2D eigenvalue weighted by molar-refractivity contribution is 6.00. The zero-order valence-corrected chi connectivity index (χ0v) is 19.2. The lowest BCUT2D eigenvalue weighted by Gasteiger charge is -2.15. The number of unbranched alkanes of at least 4 members (excludes halogenated alkanes) is 2. The molecule has 2 amide bonds. The lowest BCUT2D eigenvalue weighted by atomic mass is 9.98. The van der Waals surface area contributed by atoms with Gasteiger partial charge in [-0.2, -0.15) is 0 Å². The molecule has 3 aromatic rings. The molecule has 0 saturated carbocycles. The van der Waals surface area contributed by atoms with E-state index < -0.39 is 18.0 Å². The van der Waals surface area contributed by atoms with Gasteiger partial charge in [0, 0.05) is 25.1 Å². The second kappa shape index (κ2) is 11.3. The van der Waals surface area contributed by atoms with Crippen molar-refractivity contribution in [3.05, 3.63) is 83.7 Å². The first-order chi connectivity index (χ1) is 17.0. The van der Waals surface area contributed by atoms with Crippen LogP contribution in [0.5, 0.6) is 0 Å². The number of pyridine rings is 1. The Kier molecular flexibility index (Phi) is 7.72. The maximum atomic E-state index is 12.6. The molecular weight excluding hydrogens is 446 g/mol. The van der Waals surface area contributed by atoms with Gasteiger partial charge in [-0.15, -0.1) is 0 Å². The van der Waals surface area contributed by atoms with Gasteiger partial charge in [-0.05, 0) is 47.2 Å². The number of fused-ring (bicyclic) bond motifs is 3. The molecule has 0 bridgehead atoms. The van der Waals surface area contributed by atoms with Gasteiger partial charge in [-0.25, -0.2) is 9.78 Å². The van der Waals surface area contributed by atoms with Crippen molar-refractivity contribution in [3.8, 4) is 11.1 Å². The van der Waals surface area contributed by atoms with E-state index in [-0.39, 0.29) is 30.3 Å². The molecule has 180 valence electrons. The lowest BCUT2D eigenvalue weighted by molar-refractivity contribution is -0.137. The van der Waals surface area contributed by atoms with Crippen molar-refractivity contribution in [1.82, 2.24) is 10.3 Å². The third-order valence-electron chi connectivity index (χ3n) is 5.96. The summed E-state index contributed by atoms with van der Waals surface area (Å²) in [6.45, 7) is 0.553. The van der Waals surface area contributed by atoms with Crippen LogP contribution in [-0.4, -0.2) is 41.2 Å². The smallest absolute Gasteiger partial charge is 0.411 e. The van der Waals surface area contributed by atoms with Gasteiger partial charge in [0.1, 0.15) is 6.61 Å². The van der Waals surface area contributed by atoms with Crippen LogP contribution in [0.2, 0.25) is 0 Å². The van der Waals surface area contributed by atoms with Gasteiger partial charge in [0.15, 0.2) is 5.69 Å². The number of rotatable bonds is 10. The van der Waals surface area contributed by atoms with Crippen molar-refractivity contribution < 1.29 is 24.2 Å². The van der Waals surface area contributed by atoms with E-state index in [0.717, 1.165) is 22.3 Å². The topological polar surface area (TPSA) is 118 Å². The monoisotopic (exact) mass is 473 g/mol. The predicted molar refractivity (Wildman–Crippen MR) is 131 cm³/mol. The van der Waals surface area contributed by atoms with Gasteiger partial charge in [0.25, 0.3) is 5.91 Å². The maximum Gasteiger partial charge on any atom is 0.411 e. The lowest BCUT2D eigenvalue weighted by Crippen LogP contribution is -2.27. The summed E-state index contributed by atoms with van der Waals surface area (Å²) in [5.41, 5.74) is 4.87. The summed E-state index contributed by atoms with van der Waals surface area (Å²) < 4.78 is 5.57. The molecule has 8 nitrogen and oxygen atoms in total. The van der Waals surface area contributed by atoms with Crippen LogP contribution < -0.4 is 10.6 Å². The Labute approximate surface area is 203 Å². The Morgan fingerprint density at radius 2 is 1.57 bits per heavy atom. The number of aromatic nitrogens is 1. The van der Waals surface area contributed by atoms with E-state index in [1.165, 1.54) is 6.20 Å². The summed E-state index contributed by atoms with van der Waals surface area (Å²) in [6.07, 6.45) is 2.83. The van der Waals surface area contributed by atoms with Crippen LogP contribution in [0.15, 0.2) is 66.9 Å². The summed E-state index contributed by atoms with van der Waals surface area (Å²) in [4.78, 5) is 39.8. The molecule has 1 aliphatic rings. The molecule has 3 N–H and O–H groups in total. The quantitative estimate of drug-likeness (QED) is 0.364. The second-order valence-electron chi connectivity index (χ2n) is 8.31. The Morgan fingerprint density at radius 3 is 2.26 bits per heavy atom. The summed E-state index contributed by atoms with van der Waals surface area (Å²) in [6, 6.07) is 19.4. The first-order valence-electron chi connectivity index (χ1n) is 11.6. The molecule has 35 heavy (non-hydrogen) atoms. The number of aliphatic carboxylic acids is 1. The van der Waals surface area contributed by atoms with E-state index in [0.29, 0.717) is 25.8 Å². The summed E-state index contributed by atoms with van der Waals surface area (Å²) in [5.74, 6) is -1.31. The minimum absolute atomic E-state index is 0.0639. The fourth-order valence-electron chi connectivity index (χ4n) is 4.30. The largest absolute Gasteiger partial charge is 0.481 e. The molecular formula is C27H27N3O5. The minimum Gasteiger partial charge on any atom is -0.481 e. The molecule has 0 unspecified atom stereocenters. The van der Waals surface area contributed by atoms with E-state index >= 15 is 0 Å². The number of ether oxygens (including phenoxy) is 1. The molecule has 0 fully saturated rings. The average Bonchev–Trinajstić information content (AvgIpc) is 3.18. The first-order valence-corrected chi connectivity index (χ1v) is 11.6. The highest BCUT2D eigenvalue weighted by Gasteiger charge is 2.29. The molecule has 0 aliphatic heterocycles. The molecule has 1 aromatic heterocycles. The van der Waals surface area contributed by atoms with Crippen LogP contribution in [0, 0.1) is 0 Å². The SMILES string of the molecule is O=C(O)CCCCCNC(=O)c1ncccc1NC(=O)OCC1c2ccccc2-c2ccccc21. The van der Waals surface area contributed by atoms with Crippen LogP contribution in [0.25, 0.3) is 11.1 Å².